The molecule has 0 radical (unpaired) electrons. The van der Waals surface area contributed by atoms with Crippen LogP contribution in [0.3, 0.4) is 0 Å². The molecular weight excluding hydrogens is 226 g/mol. The van der Waals surface area contributed by atoms with Crippen molar-refractivity contribution in [1.82, 2.24) is 4.90 Å². The molecule has 1 aliphatic heterocycles. The van der Waals surface area contributed by atoms with Crippen molar-refractivity contribution in [2.45, 2.75) is 13.3 Å². The summed E-state index contributed by atoms with van der Waals surface area (Å²) in [6, 6.07) is 8.60. The maximum atomic E-state index is 10.8. The van der Waals surface area contributed by atoms with Crippen LogP contribution in [-0.2, 0) is 4.79 Å². The predicted molar refractivity (Wildman–Crippen MR) is 73.6 cm³/mol. The second-order valence-electron chi connectivity index (χ2n) is 4.88. The Morgan fingerprint density at radius 2 is 2.00 bits per heavy atom. The average Bonchev–Trinajstić information content (AvgIpc) is 2.37. The molecule has 1 saturated heterocycles. The number of piperazine rings is 1. The Labute approximate surface area is 108 Å². The average molecular weight is 247 g/mol. The summed E-state index contributed by atoms with van der Waals surface area (Å²) in [6.07, 6.45) is 0.463. The number of benzene rings is 1. The zero-order chi connectivity index (χ0) is 13.0. The van der Waals surface area contributed by atoms with Gasteiger partial charge in [0, 0.05) is 44.8 Å². The lowest BCUT2D eigenvalue weighted by Crippen LogP contribution is -2.47. The predicted octanol–water partition coefficient (Wildman–Crippen LogP) is 0.992. The largest absolute Gasteiger partial charge is 0.370 e. The summed E-state index contributed by atoms with van der Waals surface area (Å²) in [6.45, 7) is 6.94. The summed E-state index contributed by atoms with van der Waals surface area (Å²) < 4.78 is 0. The minimum Gasteiger partial charge on any atom is -0.370 e. The summed E-state index contributed by atoms with van der Waals surface area (Å²) in [5, 5.41) is 0. The molecule has 1 aromatic rings. The Hall–Kier alpha value is -1.55. The highest BCUT2D eigenvalue weighted by molar-refractivity contribution is 5.73. The number of amides is 1. The number of hydrogen-bond acceptors (Lipinski definition) is 3. The van der Waals surface area contributed by atoms with Gasteiger partial charge >= 0.3 is 0 Å². The van der Waals surface area contributed by atoms with Crippen LogP contribution in [0.15, 0.2) is 24.3 Å². The summed E-state index contributed by atoms with van der Waals surface area (Å²) >= 11 is 0. The zero-order valence-electron chi connectivity index (χ0n) is 10.9. The van der Waals surface area contributed by atoms with Crippen molar-refractivity contribution in [2.75, 3.05) is 37.6 Å². The number of anilines is 1. The normalized spacial score (nSPS) is 16.8. The van der Waals surface area contributed by atoms with Gasteiger partial charge in [-0.3, -0.25) is 9.69 Å². The quantitative estimate of drug-likeness (QED) is 0.863. The van der Waals surface area contributed by atoms with Gasteiger partial charge in [0.15, 0.2) is 0 Å². The number of nitrogens with zero attached hydrogens (tertiary/aromatic N) is 2. The molecule has 4 nitrogen and oxygen atoms in total. The second-order valence-corrected chi connectivity index (χ2v) is 4.88. The van der Waals surface area contributed by atoms with Crippen LogP contribution in [0.1, 0.15) is 12.0 Å². The van der Waals surface area contributed by atoms with Crippen molar-refractivity contribution in [2.24, 2.45) is 5.73 Å². The van der Waals surface area contributed by atoms with Crippen LogP contribution >= 0.6 is 0 Å². The molecule has 18 heavy (non-hydrogen) atoms. The molecule has 1 fully saturated rings. The number of rotatable bonds is 4. The highest BCUT2D eigenvalue weighted by Gasteiger charge is 2.17. The molecule has 0 unspecified atom stereocenters. The minimum atomic E-state index is -0.212. The van der Waals surface area contributed by atoms with Crippen LogP contribution < -0.4 is 10.6 Å². The van der Waals surface area contributed by atoms with E-state index in [0.29, 0.717) is 6.42 Å². The molecule has 4 heteroatoms. The van der Waals surface area contributed by atoms with Gasteiger partial charge in [-0.1, -0.05) is 12.1 Å². The van der Waals surface area contributed by atoms with E-state index in [1.165, 1.54) is 11.3 Å². The van der Waals surface area contributed by atoms with Gasteiger partial charge in [0.2, 0.25) is 5.91 Å². The van der Waals surface area contributed by atoms with Crippen molar-refractivity contribution in [1.29, 1.82) is 0 Å². The van der Waals surface area contributed by atoms with Crippen LogP contribution in [0.2, 0.25) is 0 Å². The molecule has 1 aliphatic rings. The molecule has 1 heterocycles. The molecule has 0 spiro atoms. The van der Waals surface area contributed by atoms with Gasteiger partial charge in [-0.25, -0.2) is 0 Å². The number of nitrogens with two attached hydrogens (primary N) is 1. The van der Waals surface area contributed by atoms with E-state index in [1.54, 1.807) is 0 Å². The van der Waals surface area contributed by atoms with E-state index in [0.717, 1.165) is 32.7 Å². The SMILES string of the molecule is Cc1cccc(N2CCN(CCC(N)=O)CC2)c1. The molecule has 1 amide bonds. The lowest BCUT2D eigenvalue weighted by Gasteiger charge is -2.36. The fourth-order valence-electron chi connectivity index (χ4n) is 2.32. The third-order valence-corrected chi connectivity index (χ3v) is 3.41. The van der Waals surface area contributed by atoms with Gasteiger partial charge in [-0.15, -0.1) is 0 Å². The van der Waals surface area contributed by atoms with E-state index in [-0.39, 0.29) is 5.91 Å². The second kappa shape index (κ2) is 5.87. The molecule has 0 saturated carbocycles. The lowest BCUT2D eigenvalue weighted by atomic mass is 10.2. The van der Waals surface area contributed by atoms with Gasteiger partial charge < -0.3 is 10.6 Å². The Kier molecular flexibility index (Phi) is 4.20. The minimum absolute atomic E-state index is 0.212. The van der Waals surface area contributed by atoms with Crippen molar-refractivity contribution < 1.29 is 4.79 Å². The van der Waals surface area contributed by atoms with Crippen molar-refractivity contribution in [3.8, 4) is 0 Å². The van der Waals surface area contributed by atoms with E-state index in [9.17, 15) is 4.79 Å². The number of hydrogen-bond donors (Lipinski definition) is 1. The van der Waals surface area contributed by atoms with Crippen molar-refractivity contribution >= 4 is 11.6 Å². The first-order chi connectivity index (χ1) is 8.65. The monoisotopic (exact) mass is 247 g/mol. The summed E-state index contributed by atoms with van der Waals surface area (Å²) in [4.78, 5) is 15.4. The van der Waals surface area contributed by atoms with E-state index < -0.39 is 0 Å². The number of carbonyl (C=O) groups excluding carboxylic acids is 1. The molecule has 0 atom stereocenters. The van der Waals surface area contributed by atoms with Gasteiger partial charge in [0.05, 0.1) is 0 Å². The first-order valence-electron chi connectivity index (χ1n) is 6.47. The maximum Gasteiger partial charge on any atom is 0.218 e. The summed E-state index contributed by atoms with van der Waals surface area (Å²) in [5.41, 5.74) is 7.76. The molecule has 0 aliphatic carbocycles. The Morgan fingerprint density at radius 1 is 1.28 bits per heavy atom. The fraction of sp³-hybridized carbons (Fsp3) is 0.500. The van der Waals surface area contributed by atoms with E-state index >= 15 is 0 Å². The van der Waals surface area contributed by atoms with E-state index in [2.05, 4.69) is 41.0 Å². The topological polar surface area (TPSA) is 49.6 Å². The molecular formula is C14H21N3O. The Balaban J connectivity index is 1.85. The van der Waals surface area contributed by atoms with Crippen LogP contribution in [0.25, 0.3) is 0 Å². The third-order valence-electron chi connectivity index (χ3n) is 3.41. The van der Waals surface area contributed by atoms with Gasteiger partial charge in [0.1, 0.15) is 0 Å². The lowest BCUT2D eigenvalue weighted by molar-refractivity contribution is -0.118. The Bertz CT molecular complexity index is 411. The molecule has 0 aromatic heterocycles. The van der Waals surface area contributed by atoms with Crippen molar-refractivity contribution in [3.63, 3.8) is 0 Å². The highest BCUT2D eigenvalue weighted by atomic mass is 16.1. The van der Waals surface area contributed by atoms with E-state index in [1.807, 2.05) is 0 Å². The van der Waals surface area contributed by atoms with Crippen molar-refractivity contribution in [3.05, 3.63) is 29.8 Å². The molecule has 1 aromatic carbocycles. The van der Waals surface area contributed by atoms with Gasteiger partial charge in [-0.05, 0) is 24.6 Å². The molecule has 98 valence electrons. The summed E-state index contributed by atoms with van der Waals surface area (Å²) in [7, 11) is 0. The molecule has 0 bridgehead atoms. The van der Waals surface area contributed by atoms with Gasteiger partial charge in [0.25, 0.3) is 0 Å². The maximum absolute atomic E-state index is 10.8. The fourth-order valence-corrected chi connectivity index (χ4v) is 2.32. The summed E-state index contributed by atoms with van der Waals surface area (Å²) in [5.74, 6) is -0.212. The van der Waals surface area contributed by atoms with Gasteiger partial charge in [-0.2, -0.15) is 0 Å². The number of aryl methyl sites for hydroxylation is 1. The van der Waals surface area contributed by atoms with Crippen LogP contribution in [0.5, 0.6) is 0 Å². The third kappa shape index (κ3) is 3.47. The number of primary amides is 1. The Morgan fingerprint density at radius 3 is 2.61 bits per heavy atom. The standard InChI is InChI=1S/C14H21N3O/c1-12-3-2-4-13(11-12)17-9-7-16(8-10-17)6-5-14(15)18/h2-4,11H,5-10H2,1H3,(H2,15,18). The zero-order valence-corrected chi connectivity index (χ0v) is 10.9. The van der Waals surface area contributed by atoms with E-state index in [4.69, 9.17) is 5.73 Å². The van der Waals surface area contributed by atoms with Crippen LogP contribution in [0, 0.1) is 6.92 Å². The molecule has 2 N–H and O–H groups in total. The van der Waals surface area contributed by atoms with Crippen LogP contribution in [-0.4, -0.2) is 43.5 Å². The van der Waals surface area contributed by atoms with Crippen LogP contribution in [0.4, 0.5) is 5.69 Å². The first kappa shape index (κ1) is 12.9. The smallest absolute Gasteiger partial charge is 0.218 e. The number of carbonyl (C=O) groups is 1. The molecule has 2 rings (SSSR count). The highest BCUT2D eigenvalue weighted by Crippen LogP contribution is 2.17. The first-order valence-corrected chi connectivity index (χ1v) is 6.47.